The molecule has 2 aromatic carbocycles. The van der Waals surface area contributed by atoms with Crippen molar-refractivity contribution in [3.63, 3.8) is 0 Å². The van der Waals surface area contributed by atoms with Crippen LogP contribution in [0.2, 0.25) is 0 Å². The predicted molar refractivity (Wildman–Crippen MR) is 106 cm³/mol. The summed E-state index contributed by atoms with van der Waals surface area (Å²) in [6.45, 7) is 1.49. The van der Waals surface area contributed by atoms with Gasteiger partial charge in [0.25, 0.3) is 11.1 Å². The molecule has 1 fully saturated rings. The highest BCUT2D eigenvalue weighted by Gasteiger charge is 2.25. The first-order valence-electron chi connectivity index (χ1n) is 9.49. The lowest BCUT2D eigenvalue weighted by molar-refractivity contribution is 0.0724. The second kappa shape index (κ2) is 8.12. The van der Waals surface area contributed by atoms with Crippen LogP contribution in [0.25, 0.3) is 5.69 Å². The van der Waals surface area contributed by atoms with E-state index in [4.69, 9.17) is 0 Å². The minimum absolute atomic E-state index is 0.0573. The van der Waals surface area contributed by atoms with Gasteiger partial charge in [-0.15, -0.1) is 0 Å². The van der Waals surface area contributed by atoms with Gasteiger partial charge in [-0.25, -0.2) is 8.42 Å². The van der Waals surface area contributed by atoms with Crippen molar-refractivity contribution in [2.45, 2.75) is 30.2 Å². The Labute approximate surface area is 169 Å². The average Bonchev–Trinajstić information content (AvgIpc) is 3.25. The first-order valence-corrected chi connectivity index (χ1v) is 11.1. The van der Waals surface area contributed by atoms with Gasteiger partial charge in [-0.05, 0) is 59.5 Å². The Bertz CT molecular complexity index is 1110. The standard InChI is InChI=1S/C20H21N5O3S/c26-19(24-12-5-2-6-13-24)17-9-7-8-16(14-17)15-29(27,28)20-21-22-23-25(20)18-10-3-1-4-11-18/h1,3-4,7-11,14H,2,5-6,12-13,15H2. The van der Waals surface area contributed by atoms with Gasteiger partial charge in [-0.3, -0.25) is 4.79 Å². The van der Waals surface area contributed by atoms with Crippen molar-refractivity contribution >= 4 is 15.7 Å². The van der Waals surface area contributed by atoms with Crippen LogP contribution in [0.4, 0.5) is 0 Å². The van der Waals surface area contributed by atoms with Crippen LogP contribution in [0, 0.1) is 0 Å². The van der Waals surface area contributed by atoms with Gasteiger partial charge in [0.05, 0.1) is 11.4 Å². The number of rotatable bonds is 5. The van der Waals surface area contributed by atoms with Crippen LogP contribution in [0.15, 0.2) is 59.8 Å². The molecule has 0 spiro atoms. The molecule has 0 bridgehead atoms. The SMILES string of the molecule is O=C(c1cccc(CS(=O)(=O)c2nnnn2-c2ccccc2)c1)N1CCCCC1. The number of para-hydroxylation sites is 1. The van der Waals surface area contributed by atoms with Gasteiger partial charge in [0.15, 0.2) is 0 Å². The maximum Gasteiger partial charge on any atom is 0.272 e. The van der Waals surface area contributed by atoms with Gasteiger partial charge >= 0.3 is 0 Å². The van der Waals surface area contributed by atoms with Crippen molar-refractivity contribution in [2.24, 2.45) is 0 Å². The molecule has 8 nitrogen and oxygen atoms in total. The van der Waals surface area contributed by atoms with Crippen molar-refractivity contribution < 1.29 is 13.2 Å². The first-order chi connectivity index (χ1) is 14.0. The topological polar surface area (TPSA) is 98.0 Å². The molecule has 0 N–H and O–H groups in total. The van der Waals surface area contributed by atoms with E-state index in [0.717, 1.165) is 32.4 Å². The number of aromatic nitrogens is 4. The quantitative estimate of drug-likeness (QED) is 0.639. The third-order valence-corrected chi connectivity index (χ3v) is 6.42. The Hall–Kier alpha value is -3.07. The fraction of sp³-hybridized carbons (Fsp3) is 0.300. The zero-order chi connectivity index (χ0) is 20.3. The average molecular weight is 411 g/mol. The maximum absolute atomic E-state index is 13.0. The number of amides is 1. The molecule has 3 aromatic rings. The minimum Gasteiger partial charge on any atom is -0.339 e. The van der Waals surface area contributed by atoms with E-state index < -0.39 is 9.84 Å². The molecule has 0 saturated carbocycles. The normalized spacial score (nSPS) is 14.7. The van der Waals surface area contributed by atoms with Crippen LogP contribution in [0.5, 0.6) is 0 Å². The zero-order valence-electron chi connectivity index (χ0n) is 15.8. The first kappa shape index (κ1) is 19.3. The van der Waals surface area contributed by atoms with Gasteiger partial charge in [0, 0.05) is 18.7 Å². The summed E-state index contributed by atoms with van der Waals surface area (Å²) >= 11 is 0. The summed E-state index contributed by atoms with van der Waals surface area (Å²) in [4.78, 5) is 14.6. The van der Waals surface area contributed by atoms with Crippen molar-refractivity contribution in [3.05, 3.63) is 65.7 Å². The summed E-state index contributed by atoms with van der Waals surface area (Å²) in [5.74, 6) is -0.348. The van der Waals surface area contributed by atoms with Crippen molar-refractivity contribution in [3.8, 4) is 5.69 Å². The highest BCUT2D eigenvalue weighted by atomic mass is 32.2. The fourth-order valence-corrected chi connectivity index (χ4v) is 4.78. The maximum atomic E-state index is 13.0. The summed E-state index contributed by atoms with van der Waals surface area (Å²) in [5.41, 5.74) is 1.59. The largest absolute Gasteiger partial charge is 0.339 e. The predicted octanol–water partition coefficient (Wildman–Crippen LogP) is 2.26. The smallest absolute Gasteiger partial charge is 0.272 e. The van der Waals surface area contributed by atoms with Crippen LogP contribution >= 0.6 is 0 Å². The third-order valence-electron chi connectivity index (χ3n) is 4.89. The monoisotopic (exact) mass is 411 g/mol. The lowest BCUT2D eigenvalue weighted by Crippen LogP contribution is -2.35. The number of carbonyl (C=O) groups is 1. The van der Waals surface area contributed by atoms with E-state index in [1.54, 1.807) is 48.5 Å². The summed E-state index contributed by atoms with van der Waals surface area (Å²) in [6.07, 6.45) is 3.14. The fourth-order valence-electron chi connectivity index (χ4n) is 3.46. The molecule has 9 heteroatoms. The lowest BCUT2D eigenvalue weighted by Gasteiger charge is -2.26. The van der Waals surface area contributed by atoms with E-state index in [0.29, 0.717) is 16.8 Å². The van der Waals surface area contributed by atoms with Crippen molar-refractivity contribution in [1.82, 2.24) is 25.1 Å². The molecule has 1 saturated heterocycles. The van der Waals surface area contributed by atoms with E-state index in [1.807, 2.05) is 11.0 Å². The van der Waals surface area contributed by atoms with Gasteiger partial charge in [-0.2, -0.15) is 4.68 Å². The summed E-state index contributed by atoms with van der Waals surface area (Å²) in [5, 5.41) is 10.9. The molecule has 0 unspecified atom stereocenters. The minimum atomic E-state index is -3.81. The van der Waals surface area contributed by atoms with Crippen molar-refractivity contribution in [1.29, 1.82) is 0 Å². The Balaban J connectivity index is 1.58. The molecule has 2 heterocycles. The van der Waals surface area contributed by atoms with E-state index in [1.165, 1.54) is 4.68 Å². The molecular formula is C20H21N5O3S. The van der Waals surface area contributed by atoms with Crippen LogP contribution in [0.3, 0.4) is 0 Å². The summed E-state index contributed by atoms with van der Waals surface area (Å²) in [6, 6.07) is 15.6. The van der Waals surface area contributed by atoms with Crippen LogP contribution in [-0.2, 0) is 15.6 Å². The lowest BCUT2D eigenvalue weighted by atomic mass is 10.1. The third kappa shape index (κ3) is 4.19. The van der Waals surface area contributed by atoms with E-state index in [9.17, 15) is 13.2 Å². The Kier molecular flexibility index (Phi) is 5.39. The number of hydrogen-bond donors (Lipinski definition) is 0. The second-order valence-electron chi connectivity index (χ2n) is 7.02. The number of likely N-dealkylation sites (tertiary alicyclic amines) is 1. The van der Waals surface area contributed by atoms with Crippen molar-refractivity contribution in [2.75, 3.05) is 13.1 Å². The molecule has 0 atom stereocenters. The van der Waals surface area contributed by atoms with Gasteiger partial charge in [0.2, 0.25) is 9.84 Å². The number of carbonyl (C=O) groups excluding carboxylic acids is 1. The molecule has 1 aliphatic rings. The molecule has 1 aromatic heterocycles. The van der Waals surface area contributed by atoms with E-state index >= 15 is 0 Å². The van der Waals surface area contributed by atoms with Gasteiger partial charge in [0.1, 0.15) is 0 Å². The number of hydrogen-bond acceptors (Lipinski definition) is 6. The highest BCUT2D eigenvalue weighted by Crippen LogP contribution is 2.19. The van der Waals surface area contributed by atoms with Gasteiger partial charge < -0.3 is 4.90 Å². The number of sulfone groups is 1. The Morgan fingerprint density at radius 1 is 0.966 bits per heavy atom. The van der Waals surface area contributed by atoms with E-state index in [2.05, 4.69) is 15.5 Å². The molecule has 1 amide bonds. The molecule has 0 radical (unpaired) electrons. The zero-order valence-corrected chi connectivity index (χ0v) is 16.6. The number of benzene rings is 2. The van der Waals surface area contributed by atoms with Crippen LogP contribution in [-0.4, -0.2) is 52.5 Å². The Morgan fingerprint density at radius 2 is 1.72 bits per heavy atom. The van der Waals surface area contributed by atoms with Gasteiger partial charge in [-0.1, -0.05) is 35.4 Å². The summed E-state index contributed by atoms with van der Waals surface area (Å²) < 4.78 is 27.2. The number of nitrogens with zero attached hydrogens (tertiary/aromatic N) is 5. The number of piperidine rings is 1. The summed E-state index contributed by atoms with van der Waals surface area (Å²) in [7, 11) is -3.81. The molecule has 0 aliphatic carbocycles. The highest BCUT2D eigenvalue weighted by molar-refractivity contribution is 7.90. The molecule has 150 valence electrons. The van der Waals surface area contributed by atoms with Crippen LogP contribution in [0.1, 0.15) is 35.2 Å². The molecule has 1 aliphatic heterocycles. The number of tetrazole rings is 1. The van der Waals surface area contributed by atoms with E-state index in [-0.39, 0.29) is 16.8 Å². The van der Waals surface area contributed by atoms with Crippen LogP contribution < -0.4 is 0 Å². The molecular weight excluding hydrogens is 390 g/mol. The molecule has 29 heavy (non-hydrogen) atoms. The second-order valence-corrected chi connectivity index (χ2v) is 8.90. The Morgan fingerprint density at radius 3 is 2.48 bits per heavy atom. The molecule has 4 rings (SSSR count).